The third-order valence-corrected chi connectivity index (χ3v) is 4.19. The zero-order chi connectivity index (χ0) is 14.8. The summed E-state index contributed by atoms with van der Waals surface area (Å²) < 4.78 is 20.2. The molecule has 0 saturated heterocycles. The quantitative estimate of drug-likeness (QED) is 0.764. The van der Waals surface area contributed by atoms with Crippen molar-refractivity contribution in [2.24, 2.45) is 0 Å². The molecule has 1 atom stereocenters. The van der Waals surface area contributed by atoms with Crippen LogP contribution in [0.1, 0.15) is 34.0 Å². The lowest BCUT2D eigenvalue weighted by atomic mass is 9.93. The first-order valence-corrected chi connectivity index (χ1v) is 7.62. The minimum absolute atomic E-state index is 0.107. The Kier molecular flexibility index (Phi) is 4.17. The average molecular weight is 349 g/mol. The van der Waals surface area contributed by atoms with Gasteiger partial charge in [0.2, 0.25) is 0 Å². The normalized spacial score (nSPS) is 17.3. The van der Waals surface area contributed by atoms with Crippen molar-refractivity contribution in [3.8, 4) is 0 Å². The van der Waals surface area contributed by atoms with Crippen molar-refractivity contribution in [3.63, 3.8) is 0 Å². The van der Waals surface area contributed by atoms with Crippen LogP contribution in [0.2, 0.25) is 0 Å². The standard InChI is InChI=1S/C17H14BrFO2/c18-12-5-6-15(19)14(9-12)16(20)10-17-13-4-2-1-3-11(13)7-8-21-17/h1-6,9,17H,7-8,10H2. The van der Waals surface area contributed by atoms with E-state index in [1.165, 1.54) is 17.7 Å². The van der Waals surface area contributed by atoms with Crippen molar-refractivity contribution in [2.75, 3.05) is 6.61 Å². The van der Waals surface area contributed by atoms with Crippen LogP contribution < -0.4 is 0 Å². The molecule has 0 radical (unpaired) electrons. The molecular weight excluding hydrogens is 335 g/mol. The van der Waals surface area contributed by atoms with Gasteiger partial charge in [-0.25, -0.2) is 4.39 Å². The highest BCUT2D eigenvalue weighted by Crippen LogP contribution is 2.31. The Morgan fingerprint density at radius 3 is 2.95 bits per heavy atom. The molecule has 0 spiro atoms. The minimum Gasteiger partial charge on any atom is -0.373 e. The van der Waals surface area contributed by atoms with Gasteiger partial charge in [0.15, 0.2) is 5.78 Å². The van der Waals surface area contributed by atoms with Crippen LogP contribution in [0.25, 0.3) is 0 Å². The predicted molar refractivity (Wildman–Crippen MR) is 81.9 cm³/mol. The molecule has 0 aliphatic carbocycles. The molecule has 1 aliphatic heterocycles. The van der Waals surface area contributed by atoms with Gasteiger partial charge in [-0.3, -0.25) is 4.79 Å². The van der Waals surface area contributed by atoms with Crippen LogP contribution in [-0.4, -0.2) is 12.4 Å². The third kappa shape index (κ3) is 3.06. The SMILES string of the molecule is O=C(CC1OCCc2ccccc21)c1cc(Br)ccc1F. The second-order valence-electron chi connectivity index (χ2n) is 5.06. The van der Waals surface area contributed by atoms with E-state index in [0.29, 0.717) is 11.1 Å². The Hall–Kier alpha value is -1.52. The molecule has 3 rings (SSSR count). The summed E-state index contributed by atoms with van der Waals surface area (Å²) in [6, 6.07) is 12.3. The Bertz CT molecular complexity index is 684. The molecule has 0 aromatic heterocycles. The lowest BCUT2D eigenvalue weighted by molar-refractivity contribution is 0.0351. The lowest BCUT2D eigenvalue weighted by Gasteiger charge is -2.25. The number of ketones is 1. The highest BCUT2D eigenvalue weighted by molar-refractivity contribution is 9.10. The second kappa shape index (κ2) is 6.08. The van der Waals surface area contributed by atoms with Crippen molar-refractivity contribution in [1.29, 1.82) is 0 Å². The number of hydrogen-bond donors (Lipinski definition) is 0. The van der Waals surface area contributed by atoms with Crippen molar-refractivity contribution >= 4 is 21.7 Å². The van der Waals surface area contributed by atoms with Gasteiger partial charge in [0.25, 0.3) is 0 Å². The van der Waals surface area contributed by atoms with E-state index in [4.69, 9.17) is 4.74 Å². The van der Waals surface area contributed by atoms with Gasteiger partial charge in [0, 0.05) is 10.9 Å². The average Bonchev–Trinajstić information content (AvgIpc) is 2.50. The topological polar surface area (TPSA) is 26.3 Å². The maximum absolute atomic E-state index is 13.8. The number of benzene rings is 2. The summed E-state index contributed by atoms with van der Waals surface area (Å²) >= 11 is 3.27. The van der Waals surface area contributed by atoms with E-state index < -0.39 is 5.82 Å². The van der Waals surface area contributed by atoms with Crippen LogP contribution in [0.15, 0.2) is 46.9 Å². The fourth-order valence-corrected chi connectivity index (χ4v) is 3.00. The van der Waals surface area contributed by atoms with Crippen LogP contribution >= 0.6 is 15.9 Å². The molecule has 0 saturated carbocycles. The van der Waals surface area contributed by atoms with Gasteiger partial charge in [-0.2, -0.15) is 0 Å². The first kappa shape index (κ1) is 14.4. The van der Waals surface area contributed by atoms with E-state index in [1.807, 2.05) is 18.2 Å². The van der Waals surface area contributed by atoms with E-state index in [1.54, 1.807) is 6.07 Å². The fourth-order valence-electron chi connectivity index (χ4n) is 2.64. The molecule has 2 aromatic rings. The summed E-state index contributed by atoms with van der Waals surface area (Å²) in [6.45, 7) is 0.593. The highest BCUT2D eigenvalue weighted by Gasteiger charge is 2.24. The summed E-state index contributed by atoms with van der Waals surface area (Å²) in [4.78, 5) is 12.4. The predicted octanol–water partition coefficient (Wildman–Crippen LogP) is 4.48. The van der Waals surface area contributed by atoms with Crippen LogP contribution in [0.5, 0.6) is 0 Å². The molecule has 108 valence electrons. The van der Waals surface area contributed by atoms with Crippen LogP contribution in [0, 0.1) is 5.82 Å². The van der Waals surface area contributed by atoms with E-state index in [-0.39, 0.29) is 23.9 Å². The summed E-state index contributed by atoms with van der Waals surface area (Å²) in [7, 11) is 0. The van der Waals surface area contributed by atoms with Crippen molar-refractivity contribution in [3.05, 3.63) is 69.4 Å². The van der Waals surface area contributed by atoms with E-state index >= 15 is 0 Å². The molecule has 0 N–H and O–H groups in total. The number of halogens is 2. The number of Topliss-reactive ketones (excluding diaryl/α,β-unsaturated/α-hetero) is 1. The molecule has 1 aliphatic rings. The zero-order valence-corrected chi connectivity index (χ0v) is 12.9. The fraction of sp³-hybridized carbons (Fsp3) is 0.235. The molecule has 2 nitrogen and oxygen atoms in total. The Morgan fingerprint density at radius 1 is 1.29 bits per heavy atom. The van der Waals surface area contributed by atoms with Gasteiger partial charge in [-0.05, 0) is 35.7 Å². The van der Waals surface area contributed by atoms with Gasteiger partial charge in [0.05, 0.1) is 18.3 Å². The molecule has 1 unspecified atom stereocenters. The number of carbonyl (C=O) groups is 1. The van der Waals surface area contributed by atoms with Crippen molar-refractivity contribution < 1.29 is 13.9 Å². The molecule has 0 bridgehead atoms. The van der Waals surface area contributed by atoms with Gasteiger partial charge in [-0.1, -0.05) is 40.2 Å². The Balaban J connectivity index is 1.84. The van der Waals surface area contributed by atoms with Crippen LogP contribution in [0.4, 0.5) is 4.39 Å². The number of rotatable bonds is 3. The van der Waals surface area contributed by atoms with E-state index in [0.717, 1.165) is 12.0 Å². The van der Waals surface area contributed by atoms with E-state index in [9.17, 15) is 9.18 Å². The molecule has 2 aromatic carbocycles. The first-order valence-electron chi connectivity index (χ1n) is 6.83. The zero-order valence-electron chi connectivity index (χ0n) is 11.3. The maximum atomic E-state index is 13.8. The molecule has 0 fully saturated rings. The van der Waals surface area contributed by atoms with Gasteiger partial charge >= 0.3 is 0 Å². The van der Waals surface area contributed by atoms with E-state index in [2.05, 4.69) is 22.0 Å². The van der Waals surface area contributed by atoms with Crippen molar-refractivity contribution in [2.45, 2.75) is 18.9 Å². The van der Waals surface area contributed by atoms with Gasteiger partial charge in [0.1, 0.15) is 5.82 Å². The van der Waals surface area contributed by atoms with Gasteiger partial charge in [-0.15, -0.1) is 0 Å². The monoisotopic (exact) mass is 348 g/mol. The minimum atomic E-state index is -0.493. The smallest absolute Gasteiger partial charge is 0.168 e. The number of fused-ring (bicyclic) bond motifs is 1. The molecule has 4 heteroatoms. The first-order chi connectivity index (χ1) is 10.1. The Labute approximate surface area is 131 Å². The lowest BCUT2D eigenvalue weighted by Crippen LogP contribution is -2.19. The van der Waals surface area contributed by atoms with Crippen LogP contribution in [0.3, 0.4) is 0 Å². The summed E-state index contributed by atoms with van der Waals surface area (Å²) in [5, 5.41) is 0. The summed E-state index contributed by atoms with van der Waals surface area (Å²) in [5.41, 5.74) is 2.35. The molecule has 21 heavy (non-hydrogen) atoms. The molecule has 1 heterocycles. The number of ether oxygens (including phenoxy) is 1. The number of hydrogen-bond acceptors (Lipinski definition) is 2. The number of carbonyl (C=O) groups excluding carboxylic acids is 1. The van der Waals surface area contributed by atoms with Crippen molar-refractivity contribution in [1.82, 2.24) is 0 Å². The maximum Gasteiger partial charge on any atom is 0.168 e. The summed E-state index contributed by atoms with van der Waals surface area (Å²) in [5.74, 6) is -0.734. The largest absolute Gasteiger partial charge is 0.373 e. The molecule has 0 amide bonds. The third-order valence-electron chi connectivity index (χ3n) is 3.69. The van der Waals surface area contributed by atoms with Gasteiger partial charge < -0.3 is 4.74 Å². The summed E-state index contributed by atoms with van der Waals surface area (Å²) in [6.07, 6.45) is 0.720. The highest BCUT2D eigenvalue weighted by atomic mass is 79.9. The Morgan fingerprint density at radius 2 is 2.10 bits per heavy atom. The second-order valence-corrected chi connectivity index (χ2v) is 5.98. The van der Waals surface area contributed by atoms with Crippen LogP contribution in [-0.2, 0) is 11.2 Å². The molecular formula is C17H14BrFO2.